The topological polar surface area (TPSA) is 78.9 Å². The number of carbonyl (C=O) groups excluding carboxylic acids is 3. The van der Waals surface area contributed by atoms with Crippen LogP contribution in [0.4, 0.5) is 0 Å². The highest BCUT2D eigenvalue weighted by molar-refractivity contribution is 5.72. The van der Waals surface area contributed by atoms with Crippen molar-refractivity contribution in [3.63, 3.8) is 0 Å². The van der Waals surface area contributed by atoms with E-state index in [2.05, 4.69) is 154 Å². The molecule has 0 rings (SSSR count). The van der Waals surface area contributed by atoms with E-state index in [-0.39, 0.29) is 38.0 Å². The normalized spacial score (nSPS) is 13.2. The number of unbranched alkanes of at least 4 members (excludes halogenated alkanes) is 15. The van der Waals surface area contributed by atoms with Gasteiger partial charge in [-0.2, -0.15) is 0 Å². The molecule has 0 aromatic heterocycles. The number of rotatable bonds is 49. The first kappa shape index (κ1) is 66.3. The summed E-state index contributed by atoms with van der Waals surface area (Å²) in [5.41, 5.74) is 0. The second-order valence-corrected chi connectivity index (χ2v) is 18.1. The number of hydrogen-bond acceptors (Lipinski definition) is 6. The summed E-state index contributed by atoms with van der Waals surface area (Å²) in [5, 5.41) is 0. The zero-order valence-electron chi connectivity index (χ0n) is 45.4. The SMILES string of the molecule is CC/C=C\C/C=C\C/C=C\C/C=C\C/C=C\CC(=O)OCC(COC(=O)CCCCCCCC/C=C\C/C=C\C/C=C\C/C=C\CC)OC(=O)CCCCCCCC/C=C\C/C=C\C/C=C\CCCCC. The maximum absolute atomic E-state index is 12.9. The molecule has 0 saturated heterocycles. The van der Waals surface area contributed by atoms with Crippen molar-refractivity contribution in [2.75, 3.05) is 13.2 Å². The van der Waals surface area contributed by atoms with Gasteiger partial charge in [-0.3, -0.25) is 14.4 Å². The lowest BCUT2D eigenvalue weighted by Crippen LogP contribution is -2.30. The molecular formula is C65H102O6. The largest absolute Gasteiger partial charge is 0.462 e. The molecule has 0 N–H and O–H groups in total. The fraction of sp³-hybridized carbons (Fsp3) is 0.585. The van der Waals surface area contributed by atoms with Crippen molar-refractivity contribution in [3.8, 4) is 0 Å². The van der Waals surface area contributed by atoms with Crippen LogP contribution in [-0.4, -0.2) is 37.2 Å². The van der Waals surface area contributed by atoms with Crippen LogP contribution in [0, 0.1) is 0 Å². The predicted octanol–water partition coefficient (Wildman–Crippen LogP) is 19.2. The quantitative estimate of drug-likeness (QED) is 0.0262. The third-order valence-corrected chi connectivity index (χ3v) is 11.3. The highest BCUT2D eigenvalue weighted by atomic mass is 16.6. The summed E-state index contributed by atoms with van der Waals surface area (Å²) < 4.78 is 16.7. The minimum atomic E-state index is -0.838. The van der Waals surface area contributed by atoms with E-state index in [4.69, 9.17) is 14.2 Å². The number of ether oxygens (including phenoxy) is 3. The monoisotopic (exact) mass is 979 g/mol. The first-order valence-corrected chi connectivity index (χ1v) is 28.3. The summed E-state index contributed by atoms with van der Waals surface area (Å²) in [7, 11) is 0. The number of carbonyl (C=O) groups is 3. The van der Waals surface area contributed by atoms with Crippen LogP contribution in [0.5, 0.6) is 0 Å². The number of hydrogen-bond donors (Lipinski definition) is 0. The molecule has 0 aromatic rings. The van der Waals surface area contributed by atoms with Gasteiger partial charge in [0.1, 0.15) is 13.2 Å². The Morgan fingerprint density at radius 1 is 0.310 bits per heavy atom. The molecule has 0 aromatic carbocycles. The Morgan fingerprint density at radius 3 is 0.986 bits per heavy atom. The zero-order chi connectivity index (χ0) is 51.4. The molecule has 0 heterocycles. The minimum Gasteiger partial charge on any atom is -0.462 e. The van der Waals surface area contributed by atoms with Gasteiger partial charge in [0.25, 0.3) is 0 Å². The smallest absolute Gasteiger partial charge is 0.309 e. The molecular weight excluding hydrogens is 877 g/mol. The van der Waals surface area contributed by atoms with Crippen LogP contribution in [-0.2, 0) is 28.6 Å². The van der Waals surface area contributed by atoms with E-state index < -0.39 is 12.1 Å². The third-order valence-electron chi connectivity index (χ3n) is 11.3. The van der Waals surface area contributed by atoms with Crippen molar-refractivity contribution in [2.24, 2.45) is 0 Å². The summed E-state index contributed by atoms with van der Waals surface area (Å²) in [6.07, 6.45) is 82.8. The molecule has 1 unspecified atom stereocenters. The lowest BCUT2D eigenvalue weighted by atomic mass is 10.1. The number of allylic oxidation sites excluding steroid dienone is 23. The van der Waals surface area contributed by atoms with E-state index >= 15 is 0 Å². The van der Waals surface area contributed by atoms with E-state index in [0.717, 1.165) is 135 Å². The maximum Gasteiger partial charge on any atom is 0.309 e. The molecule has 398 valence electrons. The highest BCUT2D eigenvalue weighted by Crippen LogP contribution is 2.13. The summed E-state index contributed by atoms with van der Waals surface area (Å²) in [4.78, 5) is 38.1. The Kier molecular flexibility index (Phi) is 54.0. The molecule has 0 saturated carbocycles. The maximum atomic E-state index is 12.9. The van der Waals surface area contributed by atoms with Gasteiger partial charge >= 0.3 is 17.9 Å². The Balaban J connectivity index is 4.56. The van der Waals surface area contributed by atoms with E-state index in [1.807, 2.05) is 6.08 Å². The molecule has 6 nitrogen and oxygen atoms in total. The Hall–Kier alpha value is -4.71. The molecule has 0 aliphatic heterocycles. The summed E-state index contributed by atoms with van der Waals surface area (Å²) in [6, 6.07) is 0. The third kappa shape index (κ3) is 56.1. The molecule has 71 heavy (non-hydrogen) atoms. The van der Waals surface area contributed by atoms with Gasteiger partial charge in [0, 0.05) is 12.8 Å². The van der Waals surface area contributed by atoms with Crippen molar-refractivity contribution in [3.05, 3.63) is 146 Å². The molecule has 0 radical (unpaired) electrons. The van der Waals surface area contributed by atoms with E-state index in [1.54, 1.807) is 6.08 Å². The average molecular weight is 980 g/mol. The van der Waals surface area contributed by atoms with Gasteiger partial charge in [-0.05, 0) is 122 Å². The zero-order valence-corrected chi connectivity index (χ0v) is 45.4. The standard InChI is InChI=1S/C65H102O6/c1-4-7-10-13-16-19-22-25-28-30-32-34-37-40-43-46-49-52-55-58-64(67)70-61-62(60-69-63(66)57-54-51-48-45-42-39-36-27-24-21-18-15-12-9-6-3)71-65(68)59-56-53-50-47-44-41-38-35-33-31-29-26-23-20-17-14-11-8-5-2/h7,9-10,12,16-21,25-29,32-36,42,45,51,54,62H,4-6,8,11,13-15,22-24,30-31,37-41,43-44,46-50,52-53,55-61H2,1-3H3/b10-7-,12-9-,19-16-,20-17-,21-18-,28-25-,29-26-,34-32-,35-33-,36-27-,45-42-,54-51-. The molecule has 0 bridgehead atoms. The van der Waals surface area contributed by atoms with E-state index in [0.29, 0.717) is 6.42 Å². The van der Waals surface area contributed by atoms with Crippen molar-refractivity contribution in [1.82, 2.24) is 0 Å². The van der Waals surface area contributed by atoms with Gasteiger partial charge in [-0.1, -0.05) is 231 Å². The summed E-state index contributed by atoms with van der Waals surface area (Å²) in [6.45, 7) is 6.26. The lowest BCUT2D eigenvalue weighted by molar-refractivity contribution is -0.166. The van der Waals surface area contributed by atoms with Crippen LogP contribution in [0.2, 0.25) is 0 Å². The van der Waals surface area contributed by atoms with Crippen molar-refractivity contribution >= 4 is 17.9 Å². The lowest BCUT2D eigenvalue weighted by Gasteiger charge is -2.18. The Morgan fingerprint density at radius 2 is 0.606 bits per heavy atom. The Bertz CT molecular complexity index is 1590. The molecule has 0 spiro atoms. The highest BCUT2D eigenvalue weighted by Gasteiger charge is 2.19. The van der Waals surface area contributed by atoms with Crippen LogP contribution in [0.25, 0.3) is 0 Å². The van der Waals surface area contributed by atoms with Gasteiger partial charge in [-0.15, -0.1) is 0 Å². The van der Waals surface area contributed by atoms with Crippen LogP contribution >= 0.6 is 0 Å². The molecule has 0 fully saturated rings. The van der Waals surface area contributed by atoms with Crippen LogP contribution in [0.3, 0.4) is 0 Å². The molecule has 0 aliphatic rings. The average Bonchev–Trinajstić information content (AvgIpc) is 3.37. The Labute approximate surface area is 436 Å². The van der Waals surface area contributed by atoms with Gasteiger partial charge < -0.3 is 14.2 Å². The van der Waals surface area contributed by atoms with Gasteiger partial charge in [0.2, 0.25) is 0 Å². The summed E-state index contributed by atoms with van der Waals surface area (Å²) >= 11 is 0. The van der Waals surface area contributed by atoms with Gasteiger partial charge in [0.15, 0.2) is 6.10 Å². The van der Waals surface area contributed by atoms with Gasteiger partial charge in [-0.25, -0.2) is 0 Å². The predicted molar refractivity (Wildman–Crippen MR) is 306 cm³/mol. The second kappa shape index (κ2) is 57.9. The van der Waals surface area contributed by atoms with Gasteiger partial charge in [0.05, 0.1) is 6.42 Å². The molecule has 0 aliphatic carbocycles. The molecule has 1 atom stereocenters. The first-order chi connectivity index (χ1) is 35.0. The number of esters is 3. The fourth-order valence-corrected chi connectivity index (χ4v) is 7.16. The van der Waals surface area contributed by atoms with E-state index in [9.17, 15) is 14.4 Å². The van der Waals surface area contributed by atoms with Crippen LogP contribution in [0.1, 0.15) is 226 Å². The fourth-order valence-electron chi connectivity index (χ4n) is 7.16. The van der Waals surface area contributed by atoms with E-state index in [1.165, 1.54) is 51.4 Å². The van der Waals surface area contributed by atoms with Crippen LogP contribution in [0.15, 0.2) is 146 Å². The van der Waals surface area contributed by atoms with Crippen LogP contribution < -0.4 is 0 Å². The second-order valence-electron chi connectivity index (χ2n) is 18.1. The molecule has 0 amide bonds. The molecule has 6 heteroatoms. The van der Waals surface area contributed by atoms with Crippen molar-refractivity contribution in [2.45, 2.75) is 232 Å². The first-order valence-electron chi connectivity index (χ1n) is 28.3. The van der Waals surface area contributed by atoms with Crippen molar-refractivity contribution in [1.29, 1.82) is 0 Å². The minimum absolute atomic E-state index is 0.114. The summed E-state index contributed by atoms with van der Waals surface area (Å²) in [5.74, 6) is -1.09. The van der Waals surface area contributed by atoms with Crippen molar-refractivity contribution < 1.29 is 28.6 Å².